The molecule has 20 heavy (non-hydrogen) atoms. The van der Waals surface area contributed by atoms with Crippen LogP contribution in [0.5, 0.6) is 0 Å². The number of imidazole rings is 1. The van der Waals surface area contributed by atoms with Crippen LogP contribution in [0.4, 0.5) is 0 Å². The van der Waals surface area contributed by atoms with Gasteiger partial charge >= 0.3 is 5.69 Å². The average molecular weight is 274 g/mol. The highest BCUT2D eigenvalue weighted by atomic mass is 16.1. The standard InChI is InChI=1S/C15H22N4O/c1-11(10-16)18-8-6-12(7-9-18)19-14-5-3-2-4-13(14)17-15(19)20/h2-5,11-12H,6-10,16H2,1H3,(H,17,20). The van der Waals surface area contributed by atoms with Crippen LogP contribution < -0.4 is 11.4 Å². The van der Waals surface area contributed by atoms with E-state index in [1.165, 1.54) is 0 Å². The number of hydrogen-bond donors (Lipinski definition) is 2. The van der Waals surface area contributed by atoms with Gasteiger partial charge in [0.05, 0.1) is 11.0 Å². The van der Waals surface area contributed by atoms with E-state index < -0.39 is 0 Å². The fourth-order valence-corrected chi connectivity index (χ4v) is 3.17. The van der Waals surface area contributed by atoms with Crippen molar-refractivity contribution in [3.63, 3.8) is 0 Å². The number of fused-ring (bicyclic) bond motifs is 1. The van der Waals surface area contributed by atoms with Crippen molar-refractivity contribution >= 4 is 11.0 Å². The summed E-state index contributed by atoms with van der Waals surface area (Å²) in [6, 6.07) is 8.63. The SMILES string of the molecule is CC(CN)N1CCC(n2c(=O)[nH]c3ccccc32)CC1. The number of nitrogens with one attached hydrogen (secondary N) is 1. The maximum atomic E-state index is 12.2. The third-order valence-corrected chi connectivity index (χ3v) is 4.45. The first-order valence-corrected chi connectivity index (χ1v) is 7.34. The van der Waals surface area contributed by atoms with Crippen molar-refractivity contribution in [2.45, 2.75) is 31.8 Å². The number of likely N-dealkylation sites (tertiary alicyclic amines) is 1. The lowest BCUT2D eigenvalue weighted by Gasteiger charge is -2.35. The summed E-state index contributed by atoms with van der Waals surface area (Å²) < 4.78 is 1.93. The number of aromatic nitrogens is 2. The summed E-state index contributed by atoms with van der Waals surface area (Å²) in [5.41, 5.74) is 7.68. The first-order chi connectivity index (χ1) is 9.70. The first kappa shape index (κ1) is 13.4. The van der Waals surface area contributed by atoms with E-state index in [9.17, 15) is 4.79 Å². The molecule has 1 aromatic heterocycles. The highest BCUT2D eigenvalue weighted by Crippen LogP contribution is 2.25. The molecule has 1 atom stereocenters. The number of hydrogen-bond acceptors (Lipinski definition) is 3. The molecule has 108 valence electrons. The second-order valence-corrected chi connectivity index (χ2v) is 5.67. The van der Waals surface area contributed by atoms with Gasteiger partial charge in [0, 0.05) is 31.7 Å². The number of nitrogens with zero attached hydrogens (tertiary/aromatic N) is 2. The molecule has 0 aliphatic carbocycles. The molecule has 1 aliphatic heterocycles. The zero-order chi connectivity index (χ0) is 14.1. The largest absolute Gasteiger partial charge is 0.329 e. The van der Waals surface area contributed by atoms with Crippen LogP contribution in [0, 0.1) is 0 Å². The Bertz CT molecular complexity index is 637. The highest BCUT2D eigenvalue weighted by Gasteiger charge is 2.25. The second kappa shape index (κ2) is 5.42. The Hall–Kier alpha value is -1.59. The number of H-pyrrole nitrogens is 1. The smallest absolute Gasteiger partial charge is 0.326 e. The minimum atomic E-state index is 0.0107. The quantitative estimate of drug-likeness (QED) is 0.887. The molecule has 1 aliphatic rings. The molecule has 1 aromatic carbocycles. The predicted molar refractivity (Wildman–Crippen MR) is 80.9 cm³/mol. The first-order valence-electron chi connectivity index (χ1n) is 7.34. The van der Waals surface area contributed by atoms with Gasteiger partial charge in [-0.25, -0.2) is 4.79 Å². The molecule has 1 saturated heterocycles. The lowest BCUT2D eigenvalue weighted by Crippen LogP contribution is -2.44. The highest BCUT2D eigenvalue weighted by molar-refractivity contribution is 5.75. The summed E-state index contributed by atoms with van der Waals surface area (Å²) in [5, 5.41) is 0. The molecule has 5 heteroatoms. The molecule has 1 unspecified atom stereocenters. The van der Waals surface area contributed by atoms with Gasteiger partial charge in [0.2, 0.25) is 0 Å². The topological polar surface area (TPSA) is 67.0 Å². The minimum Gasteiger partial charge on any atom is -0.329 e. The molecule has 3 N–H and O–H groups in total. The van der Waals surface area contributed by atoms with Crippen LogP contribution in [0.2, 0.25) is 0 Å². The number of nitrogens with two attached hydrogens (primary N) is 1. The van der Waals surface area contributed by atoms with Crippen LogP contribution >= 0.6 is 0 Å². The average Bonchev–Trinajstić information content (AvgIpc) is 2.82. The normalized spacial score (nSPS) is 19.5. The zero-order valence-corrected chi connectivity index (χ0v) is 11.9. The number of rotatable bonds is 3. The predicted octanol–water partition coefficient (Wildman–Crippen LogP) is 1.31. The Labute approximate surface area is 118 Å². The van der Waals surface area contributed by atoms with Crippen LogP contribution in [-0.4, -0.2) is 40.1 Å². The van der Waals surface area contributed by atoms with Crippen molar-refractivity contribution in [3.05, 3.63) is 34.7 Å². The van der Waals surface area contributed by atoms with Gasteiger partial charge in [-0.05, 0) is 31.9 Å². The molecular weight excluding hydrogens is 252 g/mol. The minimum absolute atomic E-state index is 0.0107. The van der Waals surface area contributed by atoms with E-state index >= 15 is 0 Å². The van der Waals surface area contributed by atoms with Gasteiger partial charge < -0.3 is 10.7 Å². The van der Waals surface area contributed by atoms with E-state index in [0.29, 0.717) is 18.6 Å². The van der Waals surface area contributed by atoms with Gasteiger partial charge in [0.25, 0.3) is 0 Å². The van der Waals surface area contributed by atoms with E-state index in [1.54, 1.807) is 0 Å². The summed E-state index contributed by atoms with van der Waals surface area (Å²) in [7, 11) is 0. The van der Waals surface area contributed by atoms with Crippen LogP contribution in [0.1, 0.15) is 25.8 Å². The van der Waals surface area contributed by atoms with Crippen molar-refractivity contribution in [2.24, 2.45) is 5.73 Å². The van der Waals surface area contributed by atoms with E-state index in [1.807, 2.05) is 28.8 Å². The molecule has 0 spiro atoms. The van der Waals surface area contributed by atoms with Crippen LogP contribution in [0.25, 0.3) is 11.0 Å². The van der Waals surface area contributed by atoms with Gasteiger partial charge in [0.15, 0.2) is 0 Å². The summed E-state index contributed by atoms with van der Waals surface area (Å²) in [6.07, 6.45) is 2.01. The van der Waals surface area contributed by atoms with E-state index in [-0.39, 0.29) is 5.69 Å². The second-order valence-electron chi connectivity index (χ2n) is 5.67. The van der Waals surface area contributed by atoms with Gasteiger partial charge in [-0.2, -0.15) is 0 Å². The maximum absolute atomic E-state index is 12.2. The van der Waals surface area contributed by atoms with Gasteiger partial charge in [-0.15, -0.1) is 0 Å². The molecule has 0 bridgehead atoms. The Morgan fingerprint density at radius 3 is 2.75 bits per heavy atom. The summed E-state index contributed by atoms with van der Waals surface area (Å²) in [5.74, 6) is 0. The molecule has 1 fully saturated rings. The maximum Gasteiger partial charge on any atom is 0.326 e. The molecule has 2 heterocycles. The zero-order valence-electron chi connectivity index (χ0n) is 11.9. The summed E-state index contributed by atoms with van der Waals surface area (Å²) >= 11 is 0. The van der Waals surface area contributed by atoms with Crippen molar-refractivity contribution < 1.29 is 0 Å². The molecule has 3 rings (SSSR count). The Balaban J connectivity index is 1.84. The van der Waals surface area contributed by atoms with Gasteiger partial charge in [0.1, 0.15) is 0 Å². The van der Waals surface area contributed by atoms with E-state index in [0.717, 1.165) is 37.0 Å². The molecule has 0 amide bonds. The van der Waals surface area contributed by atoms with Gasteiger partial charge in [-0.1, -0.05) is 12.1 Å². The van der Waals surface area contributed by atoms with E-state index in [4.69, 9.17) is 5.73 Å². The van der Waals surface area contributed by atoms with Crippen LogP contribution in [0.15, 0.2) is 29.1 Å². The number of benzene rings is 1. The van der Waals surface area contributed by atoms with Crippen molar-refractivity contribution in [3.8, 4) is 0 Å². The molecule has 5 nitrogen and oxygen atoms in total. The molecule has 2 aromatic rings. The Morgan fingerprint density at radius 1 is 1.35 bits per heavy atom. The number of aromatic amines is 1. The van der Waals surface area contributed by atoms with Crippen LogP contribution in [-0.2, 0) is 0 Å². The fraction of sp³-hybridized carbons (Fsp3) is 0.533. The van der Waals surface area contributed by atoms with Gasteiger partial charge in [-0.3, -0.25) is 9.47 Å². The Morgan fingerprint density at radius 2 is 2.05 bits per heavy atom. The third-order valence-electron chi connectivity index (χ3n) is 4.45. The number of para-hydroxylation sites is 2. The Kier molecular flexibility index (Phi) is 3.63. The van der Waals surface area contributed by atoms with Crippen molar-refractivity contribution in [1.29, 1.82) is 0 Å². The fourth-order valence-electron chi connectivity index (χ4n) is 3.17. The van der Waals surface area contributed by atoms with E-state index in [2.05, 4.69) is 16.8 Å². The lowest BCUT2D eigenvalue weighted by molar-refractivity contribution is 0.147. The molecule has 0 radical (unpaired) electrons. The molecular formula is C15H22N4O. The van der Waals surface area contributed by atoms with Crippen molar-refractivity contribution in [2.75, 3.05) is 19.6 Å². The van der Waals surface area contributed by atoms with Crippen LogP contribution in [0.3, 0.4) is 0 Å². The third kappa shape index (κ3) is 2.27. The lowest BCUT2D eigenvalue weighted by atomic mass is 10.0. The monoisotopic (exact) mass is 274 g/mol. The molecule has 0 saturated carbocycles. The summed E-state index contributed by atoms with van der Waals surface area (Å²) in [6.45, 7) is 4.87. The number of piperidine rings is 1. The van der Waals surface area contributed by atoms with Crippen molar-refractivity contribution in [1.82, 2.24) is 14.5 Å². The summed E-state index contributed by atoms with van der Waals surface area (Å²) in [4.78, 5) is 17.5.